The lowest BCUT2D eigenvalue weighted by Gasteiger charge is -2.20. The molecule has 0 aliphatic rings. The van der Waals surface area contributed by atoms with Gasteiger partial charge in [-0.05, 0) is 31.0 Å². The van der Waals surface area contributed by atoms with Crippen LogP contribution in [0.4, 0.5) is 0 Å². The van der Waals surface area contributed by atoms with Crippen LogP contribution >= 0.6 is 0 Å². The molecular weight excluding hydrogens is 392 g/mol. The lowest BCUT2D eigenvalue weighted by atomic mass is 10.1. The summed E-state index contributed by atoms with van der Waals surface area (Å²) < 4.78 is 0. The lowest BCUT2D eigenvalue weighted by molar-refractivity contribution is -0.123. The molecule has 7 nitrogen and oxygen atoms in total. The molecule has 7 heteroatoms. The van der Waals surface area contributed by atoms with Crippen LogP contribution in [0.5, 0.6) is 0 Å². The van der Waals surface area contributed by atoms with Crippen LogP contribution in [0.2, 0.25) is 0 Å². The molecule has 0 saturated heterocycles. The van der Waals surface area contributed by atoms with Gasteiger partial charge in [0.1, 0.15) is 11.7 Å². The molecule has 2 amide bonds. The first-order valence-electron chi connectivity index (χ1n) is 10.2. The molecule has 4 N–H and O–H groups in total. The summed E-state index contributed by atoms with van der Waals surface area (Å²) in [6.07, 6.45) is 2.12. The van der Waals surface area contributed by atoms with E-state index in [9.17, 15) is 14.7 Å². The molecule has 2 aromatic carbocycles. The predicted octanol–water partition coefficient (Wildman–Crippen LogP) is 2.55. The molecular formula is C24H24N4O3. The Morgan fingerprint density at radius 1 is 1.00 bits per heavy atom. The number of hydrogen-bond donors (Lipinski definition) is 4. The number of fused-ring (bicyclic) bond motifs is 3. The third kappa shape index (κ3) is 4.57. The molecule has 0 bridgehead atoms. The summed E-state index contributed by atoms with van der Waals surface area (Å²) in [6.45, 7) is 1.41. The molecule has 0 aliphatic heterocycles. The van der Waals surface area contributed by atoms with Gasteiger partial charge >= 0.3 is 0 Å². The minimum Gasteiger partial charge on any atom is -0.394 e. The van der Waals surface area contributed by atoms with Crippen molar-refractivity contribution in [1.29, 1.82) is 0 Å². The number of aromatic nitrogens is 2. The van der Waals surface area contributed by atoms with E-state index in [0.29, 0.717) is 6.42 Å². The summed E-state index contributed by atoms with van der Waals surface area (Å²) in [5.41, 5.74) is 3.06. The molecule has 2 atom stereocenters. The van der Waals surface area contributed by atoms with E-state index in [-0.39, 0.29) is 18.2 Å². The van der Waals surface area contributed by atoms with Crippen LogP contribution in [-0.4, -0.2) is 45.6 Å². The smallest absolute Gasteiger partial charge is 0.270 e. The molecule has 0 spiro atoms. The maximum atomic E-state index is 12.7. The number of aromatic amines is 1. The largest absolute Gasteiger partial charge is 0.394 e. The van der Waals surface area contributed by atoms with Gasteiger partial charge in [-0.2, -0.15) is 0 Å². The van der Waals surface area contributed by atoms with E-state index in [1.165, 1.54) is 0 Å². The highest BCUT2D eigenvalue weighted by atomic mass is 16.3. The zero-order valence-electron chi connectivity index (χ0n) is 17.1. The summed E-state index contributed by atoms with van der Waals surface area (Å²) in [5.74, 6) is -0.796. The van der Waals surface area contributed by atoms with Gasteiger partial charge in [0.2, 0.25) is 5.91 Å². The van der Waals surface area contributed by atoms with Crippen molar-refractivity contribution in [2.45, 2.75) is 25.4 Å². The van der Waals surface area contributed by atoms with E-state index < -0.39 is 18.0 Å². The number of benzene rings is 2. The van der Waals surface area contributed by atoms with E-state index >= 15 is 0 Å². The summed E-state index contributed by atoms with van der Waals surface area (Å²) in [6, 6.07) is 17.9. The van der Waals surface area contributed by atoms with Crippen LogP contribution in [0.3, 0.4) is 0 Å². The number of aliphatic hydroxyl groups excluding tert-OH is 1. The number of carbonyl (C=O) groups is 2. The molecule has 2 heterocycles. The van der Waals surface area contributed by atoms with Crippen LogP contribution in [0.25, 0.3) is 21.8 Å². The molecule has 158 valence electrons. The first kappa shape index (κ1) is 20.6. The topological polar surface area (TPSA) is 107 Å². The second kappa shape index (κ2) is 8.97. The van der Waals surface area contributed by atoms with Crippen LogP contribution in [-0.2, 0) is 11.2 Å². The molecule has 0 aliphatic carbocycles. The van der Waals surface area contributed by atoms with Gasteiger partial charge in [0.05, 0.1) is 24.4 Å². The van der Waals surface area contributed by atoms with E-state index in [1.807, 2.05) is 54.6 Å². The zero-order valence-corrected chi connectivity index (χ0v) is 17.1. The fraction of sp³-hybridized carbons (Fsp3) is 0.208. The number of rotatable bonds is 7. The van der Waals surface area contributed by atoms with Crippen molar-refractivity contribution in [3.8, 4) is 0 Å². The van der Waals surface area contributed by atoms with E-state index in [0.717, 1.165) is 27.4 Å². The highest BCUT2D eigenvalue weighted by molar-refractivity contribution is 6.09. The number of carbonyl (C=O) groups excluding carboxylic acids is 2. The third-order valence-corrected chi connectivity index (χ3v) is 5.26. The number of nitrogens with zero attached hydrogens (tertiary/aromatic N) is 1. The minimum absolute atomic E-state index is 0.194. The maximum absolute atomic E-state index is 12.7. The number of pyridine rings is 1. The van der Waals surface area contributed by atoms with E-state index in [2.05, 4.69) is 20.6 Å². The molecule has 0 saturated carbocycles. The second-order valence-electron chi connectivity index (χ2n) is 7.56. The van der Waals surface area contributed by atoms with Crippen molar-refractivity contribution in [3.05, 3.63) is 78.1 Å². The van der Waals surface area contributed by atoms with Gasteiger partial charge in [0.15, 0.2) is 0 Å². The summed E-state index contributed by atoms with van der Waals surface area (Å²) in [5, 5.41) is 17.0. The first-order valence-corrected chi connectivity index (χ1v) is 10.2. The van der Waals surface area contributed by atoms with Gasteiger partial charge in [-0.15, -0.1) is 0 Å². The Hall–Kier alpha value is -3.71. The minimum atomic E-state index is -0.780. The summed E-state index contributed by atoms with van der Waals surface area (Å²) in [4.78, 5) is 32.7. The van der Waals surface area contributed by atoms with Crippen molar-refractivity contribution in [1.82, 2.24) is 20.6 Å². The van der Waals surface area contributed by atoms with Crippen molar-refractivity contribution < 1.29 is 14.7 Å². The van der Waals surface area contributed by atoms with Gasteiger partial charge in [0, 0.05) is 16.3 Å². The van der Waals surface area contributed by atoms with Crippen LogP contribution < -0.4 is 10.6 Å². The van der Waals surface area contributed by atoms with Crippen molar-refractivity contribution in [3.63, 3.8) is 0 Å². The average Bonchev–Trinajstić information content (AvgIpc) is 3.17. The van der Waals surface area contributed by atoms with E-state index in [4.69, 9.17) is 0 Å². The normalized spacial score (nSPS) is 13.1. The molecule has 31 heavy (non-hydrogen) atoms. The van der Waals surface area contributed by atoms with Crippen LogP contribution in [0.15, 0.2) is 66.9 Å². The molecule has 0 radical (unpaired) electrons. The number of nitrogens with one attached hydrogen (secondary N) is 3. The third-order valence-electron chi connectivity index (χ3n) is 5.26. The maximum Gasteiger partial charge on any atom is 0.270 e. The quantitative estimate of drug-likeness (QED) is 0.371. The molecule has 2 unspecified atom stereocenters. The highest BCUT2D eigenvalue weighted by Gasteiger charge is 2.21. The van der Waals surface area contributed by atoms with Crippen molar-refractivity contribution in [2.24, 2.45) is 0 Å². The van der Waals surface area contributed by atoms with Gasteiger partial charge < -0.3 is 20.7 Å². The Bertz CT molecular complexity index is 1220. The number of H-pyrrole nitrogens is 1. The van der Waals surface area contributed by atoms with Crippen LogP contribution in [0, 0.1) is 0 Å². The van der Waals surface area contributed by atoms with Crippen molar-refractivity contribution in [2.75, 3.05) is 6.61 Å². The van der Waals surface area contributed by atoms with E-state index in [1.54, 1.807) is 19.2 Å². The van der Waals surface area contributed by atoms with Crippen molar-refractivity contribution >= 4 is 33.6 Å². The predicted molar refractivity (Wildman–Crippen MR) is 120 cm³/mol. The fourth-order valence-electron chi connectivity index (χ4n) is 3.60. The van der Waals surface area contributed by atoms with Crippen LogP contribution in [0.1, 0.15) is 23.0 Å². The standard InChI is InChI=1S/C24H24N4O3/c1-15(23(30)27-17(14-29)11-16-7-3-2-4-8-16)26-24(31)21-12-19-18-9-5-6-10-20(18)28-22(19)13-25-21/h2-10,12-13,15,17,28-29H,11,14H2,1H3,(H,26,31)(H,27,30). The van der Waals surface area contributed by atoms with Gasteiger partial charge in [-0.3, -0.25) is 9.59 Å². The number of hydrogen-bond acceptors (Lipinski definition) is 4. The second-order valence-corrected chi connectivity index (χ2v) is 7.56. The monoisotopic (exact) mass is 416 g/mol. The Balaban J connectivity index is 1.42. The Morgan fingerprint density at radius 2 is 1.74 bits per heavy atom. The van der Waals surface area contributed by atoms with Gasteiger partial charge in [-0.1, -0.05) is 48.5 Å². The zero-order chi connectivity index (χ0) is 21.8. The SMILES string of the molecule is CC(NC(=O)c1cc2c(cn1)[nH]c1ccccc12)C(=O)NC(CO)Cc1ccccc1. The Morgan fingerprint density at radius 3 is 2.52 bits per heavy atom. The molecule has 4 rings (SSSR count). The Labute approximate surface area is 179 Å². The highest BCUT2D eigenvalue weighted by Crippen LogP contribution is 2.24. The first-order chi connectivity index (χ1) is 15.0. The number of aliphatic hydroxyl groups is 1. The lowest BCUT2D eigenvalue weighted by Crippen LogP contribution is -2.49. The summed E-state index contributed by atoms with van der Waals surface area (Å²) >= 11 is 0. The molecule has 0 fully saturated rings. The van der Waals surface area contributed by atoms with Gasteiger partial charge in [-0.25, -0.2) is 4.98 Å². The molecule has 4 aromatic rings. The van der Waals surface area contributed by atoms with Gasteiger partial charge in [0.25, 0.3) is 5.91 Å². The molecule has 2 aromatic heterocycles. The summed E-state index contributed by atoms with van der Waals surface area (Å²) in [7, 11) is 0. The number of para-hydroxylation sites is 1. The fourth-order valence-corrected chi connectivity index (χ4v) is 3.60. The number of amides is 2. The average molecular weight is 416 g/mol. The Kier molecular flexibility index (Phi) is 5.95.